The fourth-order valence-electron chi connectivity index (χ4n) is 5.28. The molecule has 0 aromatic carbocycles. The Hall–Kier alpha value is -3.20. The fourth-order valence-corrected chi connectivity index (χ4v) is 5.60. The fraction of sp³-hybridized carbons (Fsp3) is 0.519. The molecule has 10 heteroatoms. The van der Waals surface area contributed by atoms with Crippen LogP contribution in [0.1, 0.15) is 63.5 Å². The van der Waals surface area contributed by atoms with Gasteiger partial charge >= 0.3 is 6.09 Å². The van der Waals surface area contributed by atoms with E-state index < -0.39 is 11.7 Å². The number of nitrogens with zero attached hydrogens (tertiary/aromatic N) is 5. The highest BCUT2D eigenvalue weighted by Crippen LogP contribution is 2.38. The van der Waals surface area contributed by atoms with E-state index in [4.69, 9.17) is 21.1 Å². The van der Waals surface area contributed by atoms with Crippen LogP contribution in [0.4, 0.5) is 10.5 Å². The summed E-state index contributed by atoms with van der Waals surface area (Å²) in [6, 6.07) is 1.88. The molecule has 9 nitrogen and oxygen atoms in total. The molecule has 1 amide bonds. The topological polar surface area (TPSA) is 105 Å². The lowest BCUT2D eigenvalue weighted by atomic mass is 9.81. The Morgan fingerprint density at radius 3 is 2.62 bits per heavy atom. The van der Waals surface area contributed by atoms with Crippen molar-refractivity contribution < 1.29 is 14.3 Å². The summed E-state index contributed by atoms with van der Waals surface area (Å²) in [5.74, 6) is 1.55. The predicted molar refractivity (Wildman–Crippen MR) is 142 cm³/mol. The van der Waals surface area contributed by atoms with Crippen molar-refractivity contribution in [2.24, 2.45) is 16.1 Å². The van der Waals surface area contributed by atoms with Crippen LogP contribution < -0.4 is 20.3 Å². The maximum atomic E-state index is 13.3. The average molecular weight is 525 g/mol. The number of carbonyl (C=O) groups excluding carboxylic acids is 1. The minimum Gasteiger partial charge on any atom is -0.474 e. The van der Waals surface area contributed by atoms with Crippen LogP contribution in [-0.2, 0) is 11.3 Å². The largest absolute Gasteiger partial charge is 0.474 e. The lowest BCUT2D eigenvalue weighted by Gasteiger charge is -2.30. The molecule has 0 radical (unpaired) electrons. The second kappa shape index (κ2) is 9.93. The van der Waals surface area contributed by atoms with E-state index in [1.54, 1.807) is 11.1 Å². The van der Waals surface area contributed by atoms with Gasteiger partial charge in [-0.05, 0) is 77.9 Å². The van der Waals surface area contributed by atoms with Gasteiger partial charge in [-0.25, -0.2) is 9.78 Å². The van der Waals surface area contributed by atoms with Crippen molar-refractivity contribution in [3.05, 3.63) is 45.0 Å². The van der Waals surface area contributed by atoms with E-state index in [1.807, 2.05) is 46.8 Å². The Morgan fingerprint density at radius 2 is 1.92 bits per heavy atom. The highest BCUT2D eigenvalue weighted by molar-refractivity contribution is 6.36. The van der Waals surface area contributed by atoms with E-state index in [9.17, 15) is 4.79 Å². The third-order valence-electron chi connectivity index (χ3n) is 6.78. The second-order valence-corrected chi connectivity index (χ2v) is 11.2. The number of aromatic nitrogens is 3. The number of hydrogen-bond acceptors (Lipinski definition) is 7. The molecule has 1 saturated carbocycles. The molecule has 2 aliphatic heterocycles. The van der Waals surface area contributed by atoms with Crippen molar-refractivity contribution in [1.82, 2.24) is 15.0 Å². The number of ether oxygens (including phenoxy) is 2. The molecular weight excluding hydrogens is 492 g/mol. The number of azo groups is 1. The first kappa shape index (κ1) is 25.4. The van der Waals surface area contributed by atoms with Gasteiger partial charge < -0.3 is 14.5 Å². The maximum Gasteiger partial charge on any atom is 0.415 e. The Kier molecular flexibility index (Phi) is 6.83. The number of aryl methyl sites for hydroxylation is 2. The molecular formula is C27H33ClN6O3. The van der Waals surface area contributed by atoms with Gasteiger partial charge in [0.05, 0.1) is 29.1 Å². The number of amides is 1. The van der Waals surface area contributed by atoms with Crippen LogP contribution in [0.5, 0.6) is 5.88 Å². The molecule has 0 unspecified atom stereocenters. The first-order valence-corrected chi connectivity index (χ1v) is 13.1. The van der Waals surface area contributed by atoms with E-state index in [2.05, 4.69) is 25.2 Å². The molecule has 4 heterocycles. The number of carbonyl (C=O) groups is 1. The lowest BCUT2D eigenvalue weighted by Crippen LogP contribution is -2.39. The van der Waals surface area contributed by atoms with Crippen LogP contribution in [0.15, 0.2) is 27.4 Å². The van der Waals surface area contributed by atoms with Crippen LogP contribution in [0.3, 0.4) is 0 Å². The van der Waals surface area contributed by atoms with Crippen LogP contribution in [0.2, 0.25) is 0 Å². The number of nitrogens with one attached hydrogen (secondary N) is 1. The molecule has 5 rings (SSSR count). The molecule has 2 aromatic rings. The van der Waals surface area contributed by atoms with Gasteiger partial charge in [0.15, 0.2) is 0 Å². The quantitative estimate of drug-likeness (QED) is 0.621. The summed E-state index contributed by atoms with van der Waals surface area (Å²) in [5.41, 5.74) is 3.02. The zero-order valence-corrected chi connectivity index (χ0v) is 22.7. The number of rotatable bonds is 3. The lowest BCUT2D eigenvalue weighted by molar-refractivity contribution is 0.0584. The Balaban J connectivity index is 1.47. The number of halogens is 1. The van der Waals surface area contributed by atoms with E-state index in [-0.39, 0.29) is 12.0 Å². The van der Waals surface area contributed by atoms with Gasteiger partial charge in [0, 0.05) is 28.9 Å². The molecule has 1 aliphatic carbocycles. The van der Waals surface area contributed by atoms with Crippen molar-refractivity contribution in [3.8, 4) is 5.88 Å². The van der Waals surface area contributed by atoms with Crippen LogP contribution in [0.25, 0.3) is 11.8 Å². The monoisotopic (exact) mass is 524 g/mol. The van der Waals surface area contributed by atoms with Gasteiger partial charge in [0.2, 0.25) is 5.88 Å². The number of aromatic amines is 1. The Bertz CT molecular complexity index is 1380. The zero-order valence-electron chi connectivity index (χ0n) is 22.0. The standard InChI is InChI=1S/C27H33ClN6O3/c1-15-12-22(32-16(2)31-15)36-18-8-6-17(7-9-18)23-20(28)10-11-34(26(35)37-27(3,4)5)25-19-13-29-30-14-21(19)33-24(23)25/h10,12,14,17-18,33H,6-9,11,13H2,1-5H3/t17-,18-. The first-order valence-electron chi connectivity index (χ1n) is 12.8. The summed E-state index contributed by atoms with van der Waals surface area (Å²) < 4.78 is 12.0. The van der Waals surface area contributed by atoms with E-state index >= 15 is 0 Å². The van der Waals surface area contributed by atoms with E-state index in [0.29, 0.717) is 29.8 Å². The number of allylic oxidation sites excluding steroid dienone is 1. The third kappa shape index (κ3) is 5.42. The molecule has 1 N–H and O–H groups in total. The van der Waals surface area contributed by atoms with Gasteiger partial charge in [0.25, 0.3) is 0 Å². The van der Waals surface area contributed by atoms with Gasteiger partial charge in [-0.2, -0.15) is 15.2 Å². The molecule has 3 aliphatic rings. The Morgan fingerprint density at radius 1 is 1.16 bits per heavy atom. The first-order chi connectivity index (χ1) is 17.6. The average Bonchev–Trinajstić information content (AvgIpc) is 3.10. The number of H-pyrrole nitrogens is 1. The predicted octanol–water partition coefficient (Wildman–Crippen LogP) is 4.79. The second-order valence-electron chi connectivity index (χ2n) is 10.8. The van der Waals surface area contributed by atoms with Crippen molar-refractivity contribution in [3.63, 3.8) is 0 Å². The summed E-state index contributed by atoms with van der Waals surface area (Å²) >= 11 is 6.94. The highest BCUT2D eigenvalue weighted by atomic mass is 35.5. The normalized spacial score (nSPS) is 21.4. The van der Waals surface area contributed by atoms with Crippen molar-refractivity contribution in [1.29, 1.82) is 0 Å². The molecule has 0 spiro atoms. The molecule has 196 valence electrons. The number of hydrogen-bond donors (Lipinski definition) is 1. The molecule has 0 atom stereocenters. The molecule has 37 heavy (non-hydrogen) atoms. The molecule has 2 aromatic heterocycles. The van der Waals surface area contributed by atoms with Crippen LogP contribution in [-0.4, -0.2) is 39.3 Å². The van der Waals surface area contributed by atoms with Gasteiger partial charge in [-0.3, -0.25) is 4.90 Å². The highest BCUT2D eigenvalue weighted by Gasteiger charge is 2.34. The summed E-state index contributed by atoms with van der Waals surface area (Å²) in [6.07, 6.45) is 6.84. The zero-order chi connectivity index (χ0) is 26.3. The van der Waals surface area contributed by atoms with Gasteiger partial charge in [-0.1, -0.05) is 11.6 Å². The molecule has 1 fully saturated rings. The third-order valence-corrected chi connectivity index (χ3v) is 7.14. The summed E-state index contributed by atoms with van der Waals surface area (Å²) in [4.78, 5) is 27.2. The SMILES string of the molecule is Cc1cc(O[C@H]2CC[C@H](C3=c4[nH]c5c(c4N(C(=O)OC(C)(C)C)CC=C3Cl)CN=NC=5)CC2)nc(C)n1. The molecule has 0 bridgehead atoms. The number of anilines is 1. The summed E-state index contributed by atoms with van der Waals surface area (Å²) in [5, 5.41) is 10.6. The van der Waals surface area contributed by atoms with E-state index in [0.717, 1.165) is 58.9 Å². The molecule has 0 saturated heterocycles. The summed E-state index contributed by atoms with van der Waals surface area (Å²) in [6.45, 7) is 10.1. The van der Waals surface area contributed by atoms with Crippen LogP contribution in [0, 0.1) is 19.8 Å². The minimum atomic E-state index is -0.620. The van der Waals surface area contributed by atoms with Crippen LogP contribution >= 0.6 is 11.6 Å². The number of fused-ring (bicyclic) bond motifs is 3. The maximum absolute atomic E-state index is 13.3. The minimum absolute atomic E-state index is 0.0830. The smallest absolute Gasteiger partial charge is 0.415 e. The van der Waals surface area contributed by atoms with Gasteiger partial charge in [0.1, 0.15) is 17.5 Å². The Labute approximate surface area is 221 Å². The summed E-state index contributed by atoms with van der Waals surface area (Å²) in [7, 11) is 0. The van der Waals surface area contributed by atoms with Crippen molar-refractivity contribution >= 4 is 35.2 Å². The van der Waals surface area contributed by atoms with E-state index in [1.165, 1.54) is 0 Å². The van der Waals surface area contributed by atoms with Crippen molar-refractivity contribution in [2.75, 3.05) is 11.4 Å². The van der Waals surface area contributed by atoms with Gasteiger partial charge in [-0.15, -0.1) is 0 Å². The van der Waals surface area contributed by atoms with Crippen molar-refractivity contribution in [2.45, 2.75) is 78.6 Å².